The Labute approximate surface area is 213 Å². The standard InChI is InChI=1S/C25H23F6N7/c1-37-14-19(25(29,30)31)34-23(37)38-11-8-15(9-12-38)13-33-21-17-6-4-10-32-20(17)35-22(36-21)16-5-2-3-7-18(16)24(26,27)28/h2-7,10,14-15H,8-9,11-13H2,1H3,(H,32,33,35,36). The number of piperidine rings is 1. The Morgan fingerprint density at radius 1 is 0.921 bits per heavy atom. The van der Waals surface area contributed by atoms with Crippen LogP contribution in [-0.4, -0.2) is 44.1 Å². The molecule has 4 aromatic rings. The molecule has 1 saturated heterocycles. The topological polar surface area (TPSA) is 71.8 Å². The van der Waals surface area contributed by atoms with Gasteiger partial charge in [0, 0.05) is 44.6 Å². The number of nitrogens with one attached hydrogen (secondary N) is 1. The van der Waals surface area contributed by atoms with E-state index >= 15 is 0 Å². The zero-order valence-corrected chi connectivity index (χ0v) is 20.2. The fourth-order valence-electron chi connectivity index (χ4n) is 4.61. The van der Waals surface area contributed by atoms with E-state index in [0.29, 0.717) is 43.7 Å². The number of pyridine rings is 1. The Hall–Kier alpha value is -3.90. The molecule has 1 aliphatic heterocycles. The van der Waals surface area contributed by atoms with Gasteiger partial charge in [0.15, 0.2) is 17.2 Å². The molecule has 7 nitrogen and oxygen atoms in total. The molecule has 0 aliphatic carbocycles. The number of aryl methyl sites for hydroxylation is 1. The van der Waals surface area contributed by atoms with Crippen LogP contribution in [0.1, 0.15) is 24.1 Å². The molecule has 200 valence electrons. The number of benzene rings is 1. The molecule has 1 aliphatic rings. The van der Waals surface area contributed by atoms with Crippen molar-refractivity contribution in [1.82, 2.24) is 24.5 Å². The molecule has 0 spiro atoms. The Morgan fingerprint density at radius 2 is 1.66 bits per heavy atom. The van der Waals surface area contributed by atoms with E-state index in [1.807, 2.05) is 4.90 Å². The predicted octanol–water partition coefficient (Wildman–Crippen LogP) is 5.79. The summed E-state index contributed by atoms with van der Waals surface area (Å²) < 4.78 is 81.3. The van der Waals surface area contributed by atoms with Crippen LogP contribution in [0.3, 0.4) is 0 Å². The minimum Gasteiger partial charge on any atom is -0.369 e. The van der Waals surface area contributed by atoms with Gasteiger partial charge >= 0.3 is 12.4 Å². The number of alkyl halides is 6. The number of aromatic nitrogens is 5. The van der Waals surface area contributed by atoms with Gasteiger partial charge in [0.2, 0.25) is 5.95 Å². The molecule has 38 heavy (non-hydrogen) atoms. The summed E-state index contributed by atoms with van der Waals surface area (Å²) in [5, 5.41) is 3.83. The van der Waals surface area contributed by atoms with Crippen LogP contribution in [0, 0.1) is 5.92 Å². The van der Waals surface area contributed by atoms with Gasteiger partial charge in [-0.1, -0.05) is 18.2 Å². The van der Waals surface area contributed by atoms with Crippen LogP contribution < -0.4 is 10.2 Å². The molecule has 0 amide bonds. The van der Waals surface area contributed by atoms with E-state index in [2.05, 4.69) is 25.3 Å². The van der Waals surface area contributed by atoms with Gasteiger partial charge in [-0.05, 0) is 37.0 Å². The third kappa shape index (κ3) is 5.22. The molecule has 1 aromatic carbocycles. The van der Waals surface area contributed by atoms with Gasteiger partial charge in [0.1, 0.15) is 5.82 Å². The highest BCUT2D eigenvalue weighted by atomic mass is 19.4. The maximum absolute atomic E-state index is 13.6. The Balaban J connectivity index is 1.33. The van der Waals surface area contributed by atoms with Crippen LogP contribution in [0.4, 0.5) is 38.1 Å². The molecule has 0 radical (unpaired) electrons. The second kappa shape index (κ2) is 9.76. The number of fused-ring (bicyclic) bond motifs is 1. The number of imidazole rings is 1. The first-order valence-corrected chi connectivity index (χ1v) is 11.9. The molecule has 0 unspecified atom stereocenters. The molecule has 0 bridgehead atoms. The predicted molar refractivity (Wildman–Crippen MR) is 129 cm³/mol. The van der Waals surface area contributed by atoms with Crippen LogP contribution in [0.5, 0.6) is 0 Å². The highest BCUT2D eigenvalue weighted by Gasteiger charge is 2.36. The summed E-state index contributed by atoms with van der Waals surface area (Å²) in [6.07, 6.45) is -5.22. The van der Waals surface area contributed by atoms with E-state index in [-0.39, 0.29) is 28.9 Å². The molecule has 4 heterocycles. The highest BCUT2D eigenvalue weighted by molar-refractivity contribution is 5.88. The van der Waals surface area contributed by atoms with Crippen molar-refractivity contribution < 1.29 is 26.3 Å². The summed E-state index contributed by atoms with van der Waals surface area (Å²) in [6.45, 7) is 1.51. The Morgan fingerprint density at radius 3 is 2.34 bits per heavy atom. The van der Waals surface area contributed by atoms with Gasteiger partial charge in [0.05, 0.1) is 10.9 Å². The summed E-state index contributed by atoms with van der Waals surface area (Å²) in [5.74, 6) is 0.721. The van der Waals surface area contributed by atoms with Gasteiger partial charge in [-0.25, -0.2) is 19.9 Å². The third-order valence-corrected chi connectivity index (χ3v) is 6.54. The molecule has 0 atom stereocenters. The second-order valence-corrected chi connectivity index (χ2v) is 9.16. The van der Waals surface area contributed by atoms with Crippen molar-refractivity contribution in [1.29, 1.82) is 0 Å². The van der Waals surface area contributed by atoms with Crippen molar-refractivity contribution in [2.75, 3.05) is 29.9 Å². The minimum atomic E-state index is -4.57. The van der Waals surface area contributed by atoms with E-state index in [1.54, 1.807) is 12.1 Å². The zero-order chi connectivity index (χ0) is 27.1. The Kier molecular flexibility index (Phi) is 6.61. The number of halogens is 6. The van der Waals surface area contributed by atoms with Crippen molar-refractivity contribution >= 4 is 22.8 Å². The van der Waals surface area contributed by atoms with Gasteiger partial charge in [0.25, 0.3) is 0 Å². The SMILES string of the molecule is Cn1cc(C(F)(F)F)nc1N1CCC(CNc2nc(-c3ccccc3C(F)(F)F)nc3ncccc23)CC1. The van der Waals surface area contributed by atoms with Crippen molar-refractivity contribution in [2.24, 2.45) is 13.0 Å². The average Bonchev–Trinajstić information content (AvgIpc) is 3.29. The quantitative estimate of drug-likeness (QED) is 0.326. The largest absolute Gasteiger partial charge is 0.434 e. The lowest BCUT2D eigenvalue weighted by atomic mass is 9.97. The number of hydrogen-bond donors (Lipinski definition) is 1. The van der Waals surface area contributed by atoms with Gasteiger partial charge < -0.3 is 14.8 Å². The lowest BCUT2D eigenvalue weighted by Crippen LogP contribution is -2.37. The van der Waals surface area contributed by atoms with E-state index in [4.69, 9.17) is 0 Å². The minimum absolute atomic E-state index is 0.0864. The summed E-state index contributed by atoms with van der Waals surface area (Å²) in [4.78, 5) is 18.5. The van der Waals surface area contributed by atoms with Crippen molar-refractivity contribution in [3.63, 3.8) is 0 Å². The van der Waals surface area contributed by atoms with E-state index < -0.39 is 23.6 Å². The summed E-state index contributed by atoms with van der Waals surface area (Å²) in [5.41, 5.74) is -1.64. The van der Waals surface area contributed by atoms with Gasteiger partial charge in [-0.15, -0.1) is 0 Å². The highest BCUT2D eigenvalue weighted by Crippen LogP contribution is 2.37. The van der Waals surface area contributed by atoms with Crippen LogP contribution in [0.15, 0.2) is 48.8 Å². The summed E-state index contributed by atoms with van der Waals surface area (Å²) in [7, 11) is 1.54. The smallest absolute Gasteiger partial charge is 0.369 e. The number of nitrogens with zero attached hydrogens (tertiary/aromatic N) is 6. The maximum Gasteiger partial charge on any atom is 0.434 e. The first-order valence-electron chi connectivity index (χ1n) is 11.9. The summed E-state index contributed by atoms with van der Waals surface area (Å²) in [6, 6.07) is 8.56. The Bertz CT molecular complexity index is 1440. The zero-order valence-electron chi connectivity index (χ0n) is 20.2. The number of hydrogen-bond acceptors (Lipinski definition) is 6. The van der Waals surface area contributed by atoms with E-state index in [1.165, 1.54) is 36.0 Å². The van der Waals surface area contributed by atoms with E-state index in [0.717, 1.165) is 12.3 Å². The van der Waals surface area contributed by atoms with Crippen LogP contribution in [-0.2, 0) is 19.4 Å². The molecule has 1 N–H and O–H groups in total. The van der Waals surface area contributed by atoms with Crippen molar-refractivity contribution in [3.8, 4) is 11.4 Å². The number of anilines is 2. The van der Waals surface area contributed by atoms with E-state index in [9.17, 15) is 26.3 Å². The normalized spacial score (nSPS) is 15.3. The number of rotatable bonds is 5. The van der Waals surface area contributed by atoms with Crippen LogP contribution in [0.25, 0.3) is 22.4 Å². The average molecular weight is 535 g/mol. The lowest BCUT2D eigenvalue weighted by molar-refractivity contribution is -0.141. The van der Waals surface area contributed by atoms with Crippen LogP contribution in [0.2, 0.25) is 0 Å². The maximum atomic E-state index is 13.6. The molecular weight excluding hydrogens is 512 g/mol. The van der Waals surface area contributed by atoms with Gasteiger partial charge in [-0.3, -0.25) is 0 Å². The molecule has 1 fully saturated rings. The lowest BCUT2D eigenvalue weighted by Gasteiger charge is -2.32. The summed E-state index contributed by atoms with van der Waals surface area (Å²) >= 11 is 0. The molecule has 5 rings (SSSR count). The second-order valence-electron chi connectivity index (χ2n) is 9.16. The van der Waals surface area contributed by atoms with Gasteiger partial charge in [-0.2, -0.15) is 26.3 Å². The fourth-order valence-corrected chi connectivity index (χ4v) is 4.61. The first-order chi connectivity index (χ1) is 18.0. The van der Waals surface area contributed by atoms with Crippen LogP contribution >= 0.6 is 0 Å². The molecule has 3 aromatic heterocycles. The molecule has 13 heteroatoms. The first kappa shape index (κ1) is 25.7. The van der Waals surface area contributed by atoms with Crippen molar-refractivity contribution in [3.05, 3.63) is 60.0 Å². The van der Waals surface area contributed by atoms with Crippen molar-refractivity contribution in [2.45, 2.75) is 25.2 Å². The molecular formula is C25H23F6N7. The molecule has 0 saturated carbocycles. The third-order valence-electron chi connectivity index (χ3n) is 6.54. The monoisotopic (exact) mass is 535 g/mol. The fraction of sp³-hybridized carbons (Fsp3) is 0.360.